The second kappa shape index (κ2) is 7.97. The lowest BCUT2D eigenvalue weighted by molar-refractivity contribution is 0.0718. The van der Waals surface area contributed by atoms with Crippen molar-refractivity contribution < 1.29 is 0 Å². The van der Waals surface area contributed by atoms with E-state index in [1.165, 1.54) is 64.5 Å². The van der Waals surface area contributed by atoms with Crippen LogP contribution in [0.4, 0.5) is 0 Å². The molecule has 2 heteroatoms. The lowest BCUT2D eigenvalue weighted by atomic mass is 9.86. The van der Waals surface area contributed by atoms with Crippen LogP contribution < -0.4 is 5.32 Å². The number of nitrogens with one attached hydrogen (secondary N) is 1. The molecular weight excluding hydrogens is 256 g/mol. The fraction of sp³-hybridized carbons (Fsp3) is 1.00. The first-order chi connectivity index (χ1) is 9.98. The van der Waals surface area contributed by atoms with Gasteiger partial charge in [-0.05, 0) is 37.0 Å². The minimum Gasteiger partial charge on any atom is -0.312 e. The number of hydrogen-bond donors (Lipinski definition) is 1. The number of piperidine rings is 1. The van der Waals surface area contributed by atoms with E-state index >= 15 is 0 Å². The average molecular weight is 295 g/mol. The van der Waals surface area contributed by atoms with Crippen molar-refractivity contribution >= 4 is 0 Å². The summed E-state index contributed by atoms with van der Waals surface area (Å²) in [6.45, 7) is 13.2. The molecule has 2 unspecified atom stereocenters. The maximum absolute atomic E-state index is 3.88. The number of hydrogen-bond acceptors (Lipinski definition) is 2. The van der Waals surface area contributed by atoms with E-state index in [0.29, 0.717) is 5.41 Å². The van der Waals surface area contributed by atoms with Gasteiger partial charge < -0.3 is 5.32 Å². The molecule has 2 atom stereocenters. The Morgan fingerprint density at radius 1 is 1.05 bits per heavy atom. The molecule has 1 saturated heterocycles. The van der Waals surface area contributed by atoms with E-state index in [1.54, 1.807) is 0 Å². The summed E-state index contributed by atoms with van der Waals surface area (Å²) in [5.74, 6) is 0.920. The second-order valence-corrected chi connectivity index (χ2v) is 8.77. The van der Waals surface area contributed by atoms with Gasteiger partial charge in [-0.2, -0.15) is 0 Å². The molecular formula is C19H38N2. The summed E-state index contributed by atoms with van der Waals surface area (Å²) in [6.07, 6.45) is 11.4. The second-order valence-electron chi connectivity index (χ2n) is 8.77. The van der Waals surface area contributed by atoms with Gasteiger partial charge in [0, 0.05) is 31.7 Å². The zero-order valence-electron chi connectivity index (χ0n) is 15.0. The standard InChI is InChI=1S/C19H38N2/c1-5-9-16-12-17(20-15-19(2,3)4)14-21(13-16)18-10-7-6-8-11-18/h16-18,20H,5-15H2,1-4H3. The van der Waals surface area contributed by atoms with E-state index in [0.717, 1.165) is 24.5 Å². The molecule has 0 aromatic rings. The predicted octanol–water partition coefficient (Wildman–Crippen LogP) is 4.45. The van der Waals surface area contributed by atoms with Gasteiger partial charge in [-0.3, -0.25) is 4.90 Å². The predicted molar refractivity (Wildman–Crippen MR) is 92.7 cm³/mol. The van der Waals surface area contributed by atoms with Crippen LogP contribution in [0.15, 0.2) is 0 Å². The zero-order valence-corrected chi connectivity index (χ0v) is 15.0. The van der Waals surface area contributed by atoms with Crippen molar-refractivity contribution in [2.24, 2.45) is 11.3 Å². The van der Waals surface area contributed by atoms with E-state index in [4.69, 9.17) is 0 Å². The molecule has 0 amide bonds. The van der Waals surface area contributed by atoms with Crippen molar-refractivity contribution in [1.82, 2.24) is 10.2 Å². The molecule has 2 aliphatic rings. The molecule has 1 aliphatic heterocycles. The van der Waals surface area contributed by atoms with Crippen molar-refractivity contribution in [3.8, 4) is 0 Å². The van der Waals surface area contributed by atoms with Gasteiger partial charge in [-0.25, -0.2) is 0 Å². The summed E-state index contributed by atoms with van der Waals surface area (Å²) in [7, 11) is 0. The molecule has 0 bridgehead atoms. The molecule has 2 rings (SSSR count). The van der Waals surface area contributed by atoms with Crippen LogP contribution in [0.5, 0.6) is 0 Å². The van der Waals surface area contributed by atoms with Crippen molar-refractivity contribution in [1.29, 1.82) is 0 Å². The molecule has 0 aromatic carbocycles. The summed E-state index contributed by atoms with van der Waals surface area (Å²) in [5.41, 5.74) is 0.396. The largest absolute Gasteiger partial charge is 0.312 e. The Hall–Kier alpha value is -0.0800. The molecule has 1 aliphatic carbocycles. The molecule has 1 N–H and O–H groups in total. The minimum atomic E-state index is 0.396. The van der Waals surface area contributed by atoms with Crippen LogP contribution in [0.2, 0.25) is 0 Å². The lowest BCUT2D eigenvalue weighted by Gasteiger charge is -2.44. The van der Waals surface area contributed by atoms with Gasteiger partial charge in [-0.1, -0.05) is 53.4 Å². The molecule has 0 aromatic heterocycles. The first-order valence-electron chi connectivity index (χ1n) is 9.45. The van der Waals surface area contributed by atoms with Crippen LogP contribution in [0.25, 0.3) is 0 Å². The monoisotopic (exact) mass is 294 g/mol. The highest BCUT2D eigenvalue weighted by molar-refractivity contribution is 4.88. The molecule has 21 heavy (non-hydrogen) atoms. The van der Waals surface area contributed by atoms with Crippen molar-refractivity contribution in [3.05, 3.63) is 0 Å². The Kier molecular flexibility index (Phi) is 6.55. The van der Waals surface area contributed by atoms with Gasteiger partial charge in [-0.15, -0.1) is 0 Å². The summed E-state index contributed by atoms with van der Waals surface area (Å²) in [6, 6.07) is 1.61. The van der Waals surface area contributed by atoms with E-state index in [9.17, 15) is 0 Å². The maximum Gasteiger partial charge on any atom is 0.0198 e. The Balaban J connectivity index is 1.90. The number of nitrogens with zero attached hydrogens (tertiary/aromatic N) is 1. The number of likely N-dealkylation sites (tertiary alicyclic amines) is 1. The van der Waals surface area contributed by atoms with Crippen LogP contribution >= 0.6 is 0 Å². The molecule has 1 heterocycles. The fourth-order valence-electron chi connectivity index (χ4n) is 4.20. The summed E-state index contributed by atoms with van der Waals surface area (Å²) >= 11 is 0. The van der Waals surface area contributed by atoms with Crippen LogP contribution in [-0.2, 0) is 0 Å². The van der Waals surface area contributed by atoms with Gasteiger partial charge in [0.2, 0.25) is 0 Å². The SMILES string of the molecule is CCCC1CC(NCC(C)(C)C)CN(C2CCCCC2)C1. The van der Waals surface area contributed by atoms with Crippen LogP contribution in [0.1, 0.15) is 79.1 Å². The highest BCUT2D eigenvalue weighted by atomic mass is 15.2. The fourth-order valence-corrected chi connectivity index (χ4v) is 4.20. The summed E-state index contributed by atoms with van der Waals surface area (Å²) < 4.78 is 0. The van der Waals surface area contributed by atoms with Crippen LogP contribution in [0.3, 0.4) is 0 Å². The molecule has 1 saturated carbocycles. The lowest BCUT2D eigenvalue weighted by Crippen LogP contribution is -2.54. The van der Waals surface area contributed by atoms with Crippen molar-refractivity contribution in [2.45, 2.75) is 91.1 Å². The van der Waals surface area contributed by atoms with Gasteiger partial charge in [0.1, 0.15) is 0 Å². The van der Waals surface area contributed by atoms with Gasteiger partial charge in [0.25, 0.3) is 0 Å². The highest BCUT2D eigenvalue weighted by Gasteiger charge is 2.31. The van der Waals surface area contributed by atoms with E-state index in [-0.39, 0.29) is 0 Å². The van der Waals surface area contributed by atoms with Gasteiger partial charge in [0.05, 0.1) is 0 Å². The normalized spacial score (nSPS) is 29.7. The third-order valence-electron chi connectivity index (χ3n) is 5.27. The summed E-state index contributed by atoms with van der Waals surface area (Å²) in [4.78, 5) is 2.85. The van der Waals surface area contributed by atoms with E-state index in [2.05, 4.69) is 37.9 Å². The summed E-state index contributed by atoms with van der Waals surface area (Å²) in [5, 5.41) is 3.88. The van der Waals surface area contributed by atoms with Gasteiger partial charge in [0.15, 0.2) is 0 Å². The number of rotatable bonds is 5. The van der Waals surface area contributed by atoms with Crippen molar-refractivity contribution in [2.75, 3.05) is 19.6 Å². The first kappa shape index (κ1) is 17.3. The smallest absolute Gasteiger partial charge is 0.0198 e. The average Bonchev–Trinajstić information content (AvgIpc) is 2.46. The molecule has 2 fully saturated rings. The van der Waals surface area contributed by atoms with Crippen molar-refractivity contribution in [3.63, 3.8) is 0 Å². The molecule has 0 spiro atoms. The third kappa shape index (κ3) is 5.90. The van der Waals surface area contributed by atoms with E-state index in [1.807, 2.05) is 0 Å². The van der Waals surface area contributed by atoms with Crippen LogP contribution in [-0.4, -0.2) is 36.6 Å². The maximum atomic E-state index is 3.88. The Morgan fingerprint density at radius 2 is 1.76 bits per heavy atom. The molecule has 0 radical (unpaired) electrons. The Labute approximate surface area is 133 Å². The first-order valence-corrected chi connectivity index (χ1v) is 9.45. The third-order valence-corrected chi connectivity index (χ3v) is 5.27. The molecule has 2 nitrogen and oxygen atoms in total. The van der Waals surface area contributed by atoms with E-state index < -0.39 is 0 Å². The minimum absolute atomic E-state index is 0.396. The van der Waals surface area contributed by atoms with Gasteiger partial charge >= 0.3 is 0 Å². The molecule has 124 valence electrons. The van der Waals surface area contributed by atoms with Crippen LogP contribution in [0, 0.1) is 11.3 Å². The topological polar surface area (TPSA) is 15.3 Å². The quantitative estimate of drug-likeness (QED) is 0.806. The Morgan fingerprint density at radius 3 is 2.38 bits per heavy atom. The highest BCUT2D eigenvalue weighted by Crippen LogP contribution is 2.29. The zero-order chi connectivity index (χ0) is 15.3. The Bertz CT molecular complexity index is 288.